The molecule has 1 aliphatic rings. The van der Waals surface area contributed by atoms with E-state index >= 15 is 0 Å². The van der Waals surface area contributed by atoms with E-state index in [0.29, 0.717) is 5.41 Å². The molecular weight excluding hydrogens is 258 g/mol. The van der Waals surface area contributed by atoms with Gasteiger partial charge >= 0.3 is 5.97 Å². The number of hydrogen-bond donors (Lipinski definition) is 1. The lowest BCUT2D eigenvalue weighted by atomic mass is 9.83. The van der Waals surface area contributed by atoms with E-state index in [1.165, 1.54) is 23.8 Å². The van der Waals surface area contributed by atoms with Gasteiger partial charge in [-0.25, -0.2) is 4.79 Å². The van der Waals surface area contributed by atoms with Crippen molar-refractivity contribution < 1.29 is 9.90 Å². The van der Waals surface area contributed by atoms with Crippen LogP contribution in [0.2, 0.25) is 0 Å². The van der Waals surface area contributed by atoms with Gasteiger partial charge in [0.15, 0.2) is 0 Å². The highest BCUT2D eigenvalue weighted by Crippen LogP contribution is 2.31. The molecule has 4 heteroatoms. The average Bonchev–Trinajstić information content (AvgIpc) is 2.77. The Labute approximate surface area is 118 Å². The summed E-state index contributed by atoms with van der Waals surface area (Å²) in [6, 6.07) is 1.99. The van der Waals surface area contributed by atoms with Gasteiger partial charge in [0.05, 0.1) is 0 Å². The Morgan fingerprint density at radius 1 is 1.47 bits per heavy atom. The molecule has 1 aliphatic heterocycles. The fourth-order valence-corrected chi connectivity index (χ4v) is 3.22. The highest BCUT2D eigenvalue weighted by atomic mass is 32.1. The second-order valence-corrected chi connectivity index (χ2v) is 6.91. The van der Waals surface area contributed by atoms with Crippen molar-refractivity contribution in [3.05, 3.63) is 28.0 Å². The van der Waals surface area contributed by atoms with Crippen LogP contribution < -0.4 is 0 Å². The Hall–Kier alpha value is -1.13. The number of likely N-dealkylation sites (tertiary alicyclic amines) is 1. The van der Waals surface area contributed by atoms with E-state index in [4.69, 9.17) is 5.11 Å². The van der Waals surface area contributed by atoms with Crippen molar-refractivity contribution in [2.75, 3.05) is 13.1 Å². The third kappa shape index (κ3) is 4.18. The fourth-order valence-electron chi connectivity index (χ4n) is 2.31. The van der Waals surface area contributed by atoms with Gasteiger partial charge < -0.3 is 5.11 Å². The summed E-state index contributed by atoms with van der Waals surface area (Å²) in [6.45, 7) is 7.86. The van der Waals surface area contributed by atoms with Crippen LogP contribution in [0, 0.1) is 5.41 Å². The van der Waals surface area contributed by atoms with Crippen LogP contribution >= 0.6 is 11.3 Å². The van der Waals surface area contributed by atoms with Crippen molar-refractivity contribution in [1.82, 2.24) is 4.90 Å². The molecule has 2 heterocycles. The van der Waals surface area contributed by atoms with Crippen molar-refractivity contribution in [1.29, 1.82) is 0 Å². The molecule has 2 rings (SSSR count). The van der Waals surface area contributed by atoms with Crippen molar-refractivity contribution in [2.45, 2.75) is 33.2 Å². The second kappa shape index (κ2) is 5.88. The van der Waals surface area contributed by atoms with Crippen molar-refractivity contribution in [3.8, 4) is 0 Å². The second-order valence-electron chi connectivity index (χ2n) is 5.91. The lowest BCUT2D eigenvalue weighted by molar-refractivity contribution is -0.131. The highest BCUT2D eigenvalue weighted by Gasteiger charge is 2.25. The highest BCUT2D eigenvalue weighted by molar-refractivity contribution is 7.10. The molecule has 3 nitrogen and oxygen atoms in total. The Bertz CT molecular complexity index is 466. The van der Waals surface area contributed by atoms with E-state index < -0.39 is 5.97 Å². The lowest BCUT2D eigenvalue weighted by Gasteiger charge is -2.36. The fraction of sp³-hybridized carbons (Fsp3) is 0.533. The molecule has 0 unspecified atom stereocenters. The van der Waals surface area contributed by atoms with E-state index in [1.807, 2.05) is 11.4 Å². The first-order valence-corrected chi connectivity index (χ1v) is 7.54. The monoisotopic (exact) mass is 279 g/mol. The SMILES string of the molecule is CC1(C)CCN(Cc2sccc2C=CC(=O)O)CC1. The molecule has 1 saturated heterocycles. The van der Waals surface area contributed by atoms with Crippen LogP contribution in [0.4, 0.5) is 0 Å². The zero-order chi connectivity index (χ0) is 13.9. The number of carbonyl (C=O) groups is 1. The van der Waals surface area contributed by atoms with Gasteiger partial charge in [-0.2, -0.15) is 0 Å². The third-order valence-corrected chi connectivity index (χ3v) is 4.68. The minimum atomic E-state index is -0.892. The first-order chi connectivity index (χ1) is 8.96. The summed E-state index contributed by atoms with van der Waals surface area (Å²) in [7, 11) is 0. The molecule has 0 aromatic carbocycles. The molecule has 0 bridgehead atoms. The number of nitrogens with zero attached hydrogens (tertiary/aromatic N) is 1. The molecule has 1 aromatic rings. The molecule has 0 atom stereocenters. The molecule has 0 radical (unpaired) electrons. The van der Waals surface area contributed by atoms with E-state index in [1.54, 1.807) is 17.4 Å². The van der Waals surface area contributed by atoms with Crippen LogP contribution in [0.5, 0.6) is 0 Å². The van der Waals surface area contributed by atoms with E-state index in [0.717, 1.165) is 25.2 Å². The van der Waals surface area contributed by atoms with Gasteiger partial charge in [0.25, 0.3) is 0 Å². The molecule has 19 heavy (non-hydrogen) atoms. The van der Waals surface area contributed by atoms with E-state index in [2.05, 4.69) is 18.7 Å². The zero-order valence-corrected chi connectivity index (χ0v) is 12.4. The van der Waals surface area contributed by atoms with Gasteiger partial charge in [0, 0.05) is 17.5 Å². The normalized spacial score (nSPS) is 19.9. The first kappa shape index (κ1) is 14.3. The van der Waals surface area contributed by atoms with Crippen molar-refractivity contribution in [3.63, 3.8) is 0 Å². The number of aliphatic carboxylic acids is 1. The summed E-state index contributed by atoms with van der Waals surface area (Å²) >= 11 is 1.71. The van der Waals surface area contributed by atoms with Crippen molar-refractivity contribution >= 4 is 23.4 Å². The Kier molecular flexibility index (Phi) is 4.42. The molecule has 0 saturated carbocycles. The van der Waals surface area contributed by atoms with Crippen LogP contribution in [0.15, 0.2) is 17.5 Å². The van der Waals surface area contributed by atoms with Crippen LogP contribution in [0.25, 0.3) is 6.08 Å². The number of carboxylic acid groups (broad SMARTS) is 1. The molecule has 0 spiro atoms. The van der Waals surface area contributed by atoms with Crippen LogP contribution in [0.1, 0.15) is 37.1 Å². The summed E-state index contributed by atoms with van der Waals surface area (Å²) < 4.78 is 0. The zero-order valence-electron chi connectivity index (χ0n) is 11.6. The van der Waals surface area contributed by atoms with Crippen LogP contribution in [0.3, 0.4) is 0 Å². The maximum absolute atomic E-state index is 10.6. The smallest absolute Gasteiger partial charge is 0.328 e. The quantitative estimate of drug-likeness (QED) is 0.858. The Balaban J connectivity index is 1.97. The number of carboxylic acids is 1. The summed E-state index contributed by atoms with van der Waals surface area (Å²) in [6.07, 6.45) is 5.38. The predicted octanol–water partition coefficient (Wildman–Crippen LogP) is 3.47. The maximum atomic E-state index is 10.6. The van der Waals surface area contributed by atoms with Crippen LogP contribution in [-0.2, 0) is 11.3 Å². The number of hydrogen-bond acceptors (Lipinski definition) is 3. The summed E-state index contributed by atoms with van der Waals surface area (Å²) in [5.74, 6) is -0.892. The summed E-state index contributed by atoms with van der Waals surface area (Å²) in [5.41, 5.74) is 1.51. The molecule has 1 fully saturated rings. The molecule has 0 aliphatic carbocycles. The lowest BCUT2D eigenvalue weighted by Crippen LogP contribution is -2.36. The van der Waals surface area contributed by atoms with E-state index in [-0.39, 0.29) is 0 Å². The number of piperidine rings is 1. The van der Waals surface area contributed by atoms with Gasteiger partial charge in [-0.15, -0.1) is 11.3 Å². The number of rotatable bonds is 4. The summed E-state index contributed by atoms with van der Waals surface area (Å²) in [5, 5.41) is 10.7. The van der Waals surface area contributed by atoms with Gasteiger partial charge in [-0.1, -0.05) is 13.8 Å². The average molecular weight is 279 g/mol. The first-order valence-electron chi connectivity index (χ1n) is 6.66. The van der Waals surface area contributed by atoms with Gasteiger partial charge in [0.1, 0.15) is 0 Å². The van der Waals surface area contributed by atoms with Gasteiger partial charge in [0.2, 0.25) is 0 Å². The minimum Gasteiger partial charge on any atom is -0.478 e. The van der Waals surface area contributed by atoms with Gasteiger partial charge in [-0.3, -0.25) is 4.90 Å². The number of thiophene rings is 1. The molecule has 104 valence electrons. The van der Waals surface area contributed by atoms with Crippen LogP contribution in [-0.4, -0.2) is 29.1 Å². The summed E-state index contributed by atoms with van der Waals surface area (Å²) in [4.78, 5) is 14.3. The topological polar surface area (TPSA) is 40.5 Å². The maximum Gasteiger partial charge on any atom is 0.328 e. The molecular formula is C15H21NO2S. The van der Waals surface area contributed by atoms with E-state index in [9.17, 15) is 4.79 Å². The Morgan fingerprint density at radius 2 is 2.16 bits per heavy atom. The van der Waals surface area contributed by atoms with Gasteiger partial charge in [-0.05, 0) is 54.4 Å². The van der Waals surface area contributed by atoms with Crippen molar-refractivity contribution in [2.24, 2.45) is 5.41 Å². The largest absolute Gasteiger partial charge is 0.478 e. The predicted molar refractivity (Wildman–Crippen MR) is 79.3 cm³/mol. The minimum absolute atomic E-state index is 0.470. The standard InChI is InChI=1S/C15H21NO2S/c1-15(2)6-8-16(9-7-15)11-13-12(5-10-19-13)3-4-14(17)18/h3-5,10H,6-9,11H2,1-2H3,(H,17,18). The molecule has 1 N–H and O–H groups in total. The Morgan fingerprint density at radius 3 is 2.79 bits per heavy atom. The third-order valence-electron chi connectivity index (χ3n) is 3.76. The molecule has 0 amide bonds. The molecule has 1 aromatic heterocycles.